The highest BCUT2D eigenvalue weighted by Crippen LogP contribution is 2.09. The Morgan fingerprint density at radius 2 is 2.22 bits per heavy atom. The minimum atomic E-state index is -0.0515. The van der Waals surface area contributed by atoms with Crippen LogP contribution in [0.5, 0.6) is 5.88 Å². The van der Waals surface area contributed by atoms with Crippen molar-refractivity contribution >= 4 is 0 Å². The van der Waals surface area contributed by atoms with Gasteiger partial charge in [0.2, 0.25) is 5.88 Å². The van der Waals surface area contributed by atoms with E-state index in [4.69, 9.17) is 10.5 Å². The number of nitrogens with zero attached hydrogens (tertiary/aromatic N) is 5. The number of pyridine rings is 1. The molecule has 0 bridgehead atoms. The zero-order chi connectivity index (χ0) is 13.0. The van der Waals surface area contributed by atoms with Crippen LogP contribution in [0.4, 0.5) is 0 Å². The molecule has 2 rings (SSSR count). The van der Waals surface area contributed by atoms with Gasteiger partial charge < -0.3 is 10.5 Å². The molecule has 0 aromatic carbocycles. The molecule has 7 heteroatoms. The van der Waals surface area contributed by atoms with Gasteiger partial charge in [-0.25, -0.2) is 4.98 Å². The van der Waals surface area contributed by atoms with E-state index in [2.05, 4.69) is 20.4 Å². The van der Waals surface area contributed by atoms with Crippen molar-refractivity contribution in [3.8, 4) is 5.88 Å². The second-order valence-corrected chi connectivity index (χ2v) is 4.07. The molecule has 0 radical (unpaired) electrons. The fraction of sp³-hybridized carbons (Fsp3) is 0.455. The highest BCUT2D eigenvalue weighted by molar-refractivity contribution is 5.18. The molecule has 0 spiro atoms. The number of hydrogen-bond acceptors (Lipinski definition) is 6. The first-order valence-electron chi connectivity index (χ1n) is 5.64. The van der Waals surface area contributed by atoms with Crippen LogP contribution in [0.15, 0.2) is 18.3 Å². The topological polar surface area (TPSA) is 91.7 Å². The van der Waals surface area contributed by atoms with Gasteiger partial charge in [0.15, 0.2) is 5.82 Å². The number of hydrogen-bond donors (Lipinski definition) is 1. The molecule has 0 aliphatic heterocycles. The van der Waals surface area contributed by atoms with Gasteiger partial charge in [-0.15, -0.1) is 10.2 Å². The quantitative estimate of drug-likeness (QED) is 0.783. The van der Waals surface area contributed by atoms with Crippen molar-refractivity contribution in [1.82, 2.24) is 25.2 Å². The van der Waals surface area contributed by atoms with Gasteiger partial charge in [0.1, 0.15) is 0 Å². The van der Waals surface area contributed by atoms with Gasteiger partial charge in [-0.2, -0.15) is 4.80 Å². The van der Waals surface area contributed by atoms with Crippen molar-refractivity contribution in [2.75, 3.05) is 7.11 Å². The highest BCUT2D eigenvalue weighted by atomic mass is 16.5. The van der Waals surface area contributed by atoms with E-state index in [1.807, 2.05) is 12.1 Å². The fourth-order valence-electron chi connectivity index (χ4n) is 1.67. The number of aryl methyl sites for hydroxylation is 1. The minimum Gasteiger partial charge on any atom is -0.481 e. The molecule has 1 unspecified atom stereocenters. The first-order chi connectivity index (χ1) is 8.67. The van der Waals surface area contributed by atoms with Crippen molar-refractivity contribution in [2.45, 2.75) is 18.9 Å². The maximum atomic E-state index is 6.04. The van der Waals surface area contributed by atoms with Crippen molar-refractivity contribution in [1.29, 1.82) is 0 Å². The molecule has 2 heterocycles. The maximum Gasteiger partial charge on any atom is 0.212 e. The predicted molar refractivity (Wildman–Crippen MR) is 65.0 cm³/mol. The zero-order valence-corrected chi connectivity index (χ0v) is 10.4. The molecular formula is C11H16N6O. The maximum absolute atomic E-state index is 6.04. The van der Waals surface area contributed by atoms with E-state index in [0.29, 0.717) is 18.1 Å². The summed E-state index contributed by atoms with van der Waals surface area (Å²) in [5.41, 5.74) is 7.10. The highest BCUT2D eigenvalue weighted by Gasteiger charge is 2.09. The van der Waals surface area contributed by atoms with Crippen molar-refractivity contribution < 1.29 is 4.74 Å². The molecular weight excluding hydrogens is 232 g/mol. The predicted octanol–water partition coefficient (Wildman–Crippen LogP) is -0.274. The van der Waals surface area contributed by atoms with Gasteiger partial charge in [0, 0.05) is 24.7 Å². The van der Waals surface area contributed by atoms with E-state index in [9.17, 15) is 0 Å². The van der Waals surface area contributed by atoms with Gasteiger partial charge in [-0.05, 0) is 17.2 Å². The largest absolute Gasteiger partial charge is 0.481 e. The van der Waals surface area contributed by atoms with E-state index in [0.717, 1.165) is 12.0 Å². The van der Waals surface area contributed by atoms with Crippen LogP contribution >= 0.6 is 0 Å². The van der Waals surface area contributed by atoms with Gasteiger partial charge in [0.05, 0.1) is 14.2 Å². The Labute approximate surface area is 105 Å². The first kappa shape index (κ1) is 12.4. The van der Waals surface area contributed by atoms with Crippen LogP contribution in [-0.4, -0.2) is 38.3 Å². The van der Waals surface area contributed by atoms with E-state index in [1.54, 1.807) is 20.4 Å². The monoisotopic (exact) mass is 248 g/mol. The Bertz CT molecular complexity index is 494. The number of nitrogens with two attached hydrogens (primary N) is 1. The van der Waals surface area contributed by atoms with E-state index in [-0.39, 0.29) is 6.04 Å². The molecule has 1 atom stereocenters. The van der Waals surface area contributed by atoms with Crippen molar-refractivity contribution in [3.63, 3.8) is 0 Å². The third kappa shape index (κ3) is 3.24. The lowest BCUT2D eigenvalue weighted by Crippen LogP contribution is -2.26. The summed E-state index contributed by atoms with van der Waals surface area (Å²) in [4.78, 5) is 5.56. The molecule has 0 saturated carbocycles. The summed E-state index contributed by atoms with van der Waals surface area (Å²) >= 11 is 0. The molecule has 0 aliphatic rings. The molecule has 0 amide bonds. The molecule has 0 aliphatic carbocycles. The standard InChI is InChI=1S/C11H16N6O/c1-17-15-10(14-16-17)6-9(12)5-8-3-4-11(18-2)13-7-8/h3-4,7,9H,5-6,12H2,1-2H3. The number of ether oxygens (including phenoxy) is 1. The van der Waals surface area contributed by atoms with E-state index in [1.165, 1.54) is 4.80 Å². The number of rotatable bonds is 5. The molecule has 2 N–H and O–H groups in total. The van der Waals surface area contributed by atoms with Gasteiger partial charge in [-0.1, -0.05) is 6.07 Å². The Balaban J connectivity index is 1.91. The summed E-state index contributed by atoms with van der Waals surface area (Å²) in [6.07, 6.45) is 3.08. The van der Waals surface area contributed by atoms with Gasteiger partial charge in [-0.3, -0.25) is 0 Å². The van der Waals surface area contributed by atoms with Crippen LogP contribution in [0.3, 0.4) is 0 Å². The summed E-state index contributed by atoms with van der Waals surface area (Å²) in [7, 11) is 3.32. The number of methoxy groups -OCH3 is 1. The average molecular weight is 248 g/mol. The fourth-order valence-corrected chi connectivity index (χ4v) is 1.67. The molecule has 7 nitrogen and oxygen atoms in total. The summed E-state index contributed by atoms with van der Waals surface area (Å²) in [5.74, 6) is 1.26. The summed E-state index contributed by atoms with van der Waals surface area (Å²) in [5, 5.41) is 11.8. The van der Waals surface area contributed by atoms with Crippen LogP contribution in [0.25, 0.3) is 0 Å². The van der Waals surface area contributed by atoms with Crippen molar-refractivity contribution in [2.24, 2.45) is 12.8 Å². The Hall–Kier alpha value is -2.02. The Kier molecular flexibility index (Phi) is 3.83. The lowest BCUT2D eigenvalue weighted by Gasteiger charge is -2.09. The summed E-state index contributed by atoms with van der Waals surface area (Å²) in [6.45, 7) is 0. The second kappa shape index (κ2) is 5.54. The average Bonchev–Trinajstić information content (AvgIpc) is 2.75. The summed E-state index contributed by atoms with van der Waals surface area (Å²) in [6, 6.07) is 3.72. The Morgan fingerprint density at radius 1 is 1.39 bits per heavy atom. The number of aromatic nitrogens is 5. The molecule has 0 fully saturated rings. The van der Waals surface area contributed by atoms with Crippen LogP contribution in [0.2, 0.25) is 0 Å². The van der Waals surface area contributed by atoms with Gasteiger partial charge in [0.25, 0.3) is 0 Å². The first-order valence-corrected chi connectivity index (χ1v) is 5.64. The molecule has 96 valence electrons. The lowest BCUT2D eigenvalue weighted by molar-refractivity contribution is 0.397. The van der Waals surface area contributed by atoms with Crippen LogP contribution in [0.1, 0.15) is 11.4 Å². The normalized spacial score (nSPS) is 12.4. The third-order valence-corrected chi connectivity index (χ3v) is 2.50. The molecule has 2 aromatic heterocycles. The van der Waals surface area contributed by atoms with Crippen LogP contribution in [0, 0.1) is 0 Å². The summed E-state index contributed by atoms with van der Waals surface area (Å²) < 4.78 is 5.00. The number of tetrazole rings is 1. The SMILES string of the molecule is COc1ccc(CC(N)Cc2nnn(C)n2)cn1. The third-order valence-electron chi connectivity index (χ3n) is 2.50. The zero-order valence-electron chi connectivity index (χ0n) is 10.4. The lowest BCUT2D eigenvalue weighted by atomic mass is 10.1. The minimum absolute atomic E-state index is 0.0515. The molecule has 0 saturated heterocycles. The van der Waals surface area contributed by atoms with E-state index < -0.39 is 0 Å². The van der Waals surface area contributed by atoms with Gasteiger partial charge >= 0.3 is 0 Å². The smallest absolute Gasteiger partial charge is 0.212 e. The molecule has 2 aromatic rings. The Morgan fingerprint density at radius 3 is 2.78 bits per heavy atom. The van der Waals surface area contributed by atoms with Crippen molar-refractivity contribution in [3.05, 3.63) is 29.7 Å². The van der Waals surface area contributed by atoms with Crippen LogP contribution < -0.4 is 10.5 Å². The molecule has 18 heavy (non-hydrogen) atoms. The second-order valence-electron chi connectivity index (χ2n) is 4.07. The van der Waals surface area contributed by atoms with Crippen LogP contribution in [-0.2, 0) is 19.9 Å². The van der Waals surface area contributed by atoms with E-state index >= 15 is 0 Å².